The van der Waals surface area contributed by atoms with Gasteiger partial charge in [0, 0.05) is 6.54 Å². The number of halogens is 4. The van der Waals surface area contributed by atoms with Gasteiger partial charge in [-0.1, -0.05) is 12.1 Å². The Balaban J connectivity index is 1.92. The molecule has 0 saturated carbocycles. The lowest BCUT2D eigenvalue weighted by molar-refractivity contribution is -0.137. The first kappa shape index (κ1) is 17.9. The van der Waals surface area contributed by atoms with E-state index in [1.807, 2.05) is 0 Å². The highest BCUT2D eigenvalue weighted by Gasteiger charge is 2.37. The Morgan fingerprint density at radius 2 is 1.56 bits per heavy atom. The molecule has 0 aliphatic carbocycles. The molecule has 1 aliphatic rings. The van der Waals surface area contributed by atoms with Crippen LogP contribution in [0.25, 0.3) is 0 Å². The van der Waals surface area contributed by atoms with Gasteiger partial charge in [0.2, 0.25) is 10.0 Å². The minimum Gasteiger partial charge on any atom is -0.207 e. The molecular weight excluding hydrogens is 358 g/mol. The van der Waals surface area contributed by atoms with Gasteiger partial charge in [-0.05, 0) is 54.8 Å². The molecule has 8 heteroatoms. The van der Waals surface area contributed by atoms with E-state index in [1.54, 1.807) is 0 Å². The van der Waals surface area contributed by atoms with Crippen LogP contribution >= 0.6 is 0 Å². The van der Waals surface area contributed by atoms with E-state index in [1.165, 1.54) is 28.6 Å². The van der Waals surface area contributed by atoms with Gasteiger partial charge in [-0.3, -0.25) is 0 Å². The van der Waals surface area contributed by atoms with Crippen LogP contribution in [-0.2, 0) is 16.2 Å². The molecule has 1 fully saturated rings. The molecular formula is C17H15F4NO2S. The maximum absolute atomic E-state index is 13.1. The average Bonchev–Trinajstić information content (AvgIpc) is 3.05. The first-order valence-corrected chi connectivity index (χ1v) is 9.08. The fourth-order valence-corrected chi connectivity index (χ4v) is 4.68. The molecule has 1 heterocycles. The molecule has 1 saturated heterocycles. The van der Waals surface area contributed by atoms with E-state index in [0.717, 1.165) is 24.3 Å². The van der Waals surface area contributed by atoms with Crippen LogP contribution in [0, 0.1) is 5.82 Å². The lowest BCUT2D eigenvalue weighted by Crippen LogP contribution is -2.30. The Bertz CT molecular complexity index is 846. The summed E-state index contributed by atoms with van der Waals surface area (Å²) < 4.78 is 77.9. The Hall–Kier alpha value is -1.93. The van der Waals surface area contributed by atoms with Gasteiger partial charge in [0.25, 0.3) is 0 Å². The smallest absolute Gasteiger partial charge is 0.207 e. The average molecular weight is 373 g/mol. The number of alkyl halides is 3. The van der Waals surface area contributed by atoms with Crippen LogP contribution in [0.4, 0.5) is 17.6 Å². The van der Waals surface area contributed by atoms with Crippen molar-refractivity contribution < 1.29 is 26.0 Å². The lowest BCUT2D eigenvalue weighted by atomic mass is 10.1. The van der Waals surface area contributed by atoms with Crippen LogP contribution < -0.4 is 0 Å². The third-order valence-corrected chi connectivity index (χ3v) is 6.17. The molecule has 2 aromatic carbocycles. The summed E-state index contributed by atoms with van der Waals surface area (Å²) in [4.78, 5) is -0.186. The van der Waals surface area contributed by atoms with E-state index in [-0.39, 0.29) is 11.4 Å². The number of rotatable bonds is 3. The SMILES string of the molecule is O=S(=O)(c1ccc(C(F)(F)F)cc1)N1CCC[C@H]1c1ccc(F)cc1. The Kier molecular flexibility index (Phi) is 4.59. The summed E-state index contributed by atoms with van der Waals surface area (Å²) in [5, 5.41) is 0. The van der Waals surface area contributed by atoms with E-state index in [2.05, 4.69) is 0 Å². The minimum absolute atomic E-state index is 0.186. The van der Waals surface area contributed by atoms with Crippen LogP contribution in [0.1, 0.15) is 30.0 Å². The summed E-state index contributed by atoms with van der Waals surface area (Å²) in [6.45, 7) is 0.269. The molecule has 0 bridgehead atoms. The van der Waals surface area contributed by atoms with Crippen molar-refractivity contribution in [3.05, 3.63) is 65.5 Å². The van der Waals surface area contributed by atoms with Crippen molar-refractivity contribution in [2.45, 2.75) is 30.0 Å². The quantitative estimate of drug-likeness (QED) is 0.750. The highest BCUT2D eigenvalue weighted by Crippen LogP contribution is 2.37. The maximum Gasteiger partial charge on any atom is 0.416 e. The van der Waals surface area contributed by atoms with Gasteiger partial charge in [0.1, 0.15) is 5.82 Å². The number of benzene rings is 2. The largest absolute Gasteiger partial charge is 0.416 e. The monoisotopic (exact) mass is 373 g/mol. The Morgan fingerprint density at radius 1 is 0.960 bits per heavy atom. The second-order valence-corrected chi connectivity index (χ2v) is 7.74. The van der Waals surface area contributed by atoms with E-state index >= 15 is 0 Å². The molecule has 0 N–H and O–H groups in total. The van der Waals surface area contributed by atoms with Crippen molar-refractivity contribution in [1.82, 2.24) is 4.31 Å². The van der Waals surface area contributed by atoms with Gasteiger partial charge in [0.05, 0.1) is 16.5 Å². The zero-order valence-electron chi connectivity index (χ0n) is 13.0. The van der Waals surface area contributed by atoms with Gasteiger partial charge in [-0.15, -0.1) is 0 Å². The number of hydrogen-bond acceptors (Lipinski definition) is 2. The highest BCUT2D eigenvalue weighted by molar-refractivity contribution is 7.89. The molecule has 3 nitrogen and oxygen atoms in total. The van der Waals surface area contributed by atoms with Crippen LogP contribution in [0.2, 0.25) is 0 Å². The first-order valence-electron chi connectivity index (χ1n) is 7.64. The zero-order chi connectivity index (χ0) is 18.2. The summed E-state index contributed by atoms with van der Waals surface area (Å²) in [5.74, 6) is -0.418. The fraction of sp³-hybridized carbons (Fsp3) is 0.294. The van der Waals surface area contributed by atoms with E-state index in [4.69, 9.17) is 0 Å². The van der Waals surface area contributed by atoms with E-state index < -0.39 is 33.6 Å². The molecule has 2 aromatic rings. The molecule has 25 heavy (non-hydrogen) atoms. The Labute approximate surface area is 142 Å². The molecule has 1 atom stereocenters. The van der Waals surface area contributed by atoms with E-state index in [0.29, 0.717) is 18.4 Å². The van der Waals surface area contributed by atoms with Crippen molar-refractivity contribution in [1.29, 1.82) is 0 Å². The third-order valence-electron chi connectivity index (χ3n) is 4.25. The molecule has 3 rings (SSSR count). The van der Waals surface area contributed by atoms with Gasteiger partial charge in [0.15, 0.2) is 0 Å². The predicted molar refractivity (Wildman–Crippen MR) is 83.7 cm³/mol. The van der Waals surface area contributed by atoms with Crippen molar-refractivity contribution >= 4 is 10.0 Å². The summed E-state index contributed by atoms with van der Waals surface area (Å²) >= 11 is 0. The molecule has 134 valence electrons. The fourth-order valence-electron chi connectivity index (χ4n) is 3.00. The predicted octanol–water partition coefficient (Wildman–Crippen LogP) is 4.37. The molecule has 0 spiro atoms. The zero-order valence-corrected chi connectivity index (χ0v) is 13.8. The van der Waals surface area contributed by atoms with Crippen molar-refractivity contribution in [3.63, 3.8) is 0 Å². The minimum atomic E-state index is -4.52. The van der Waals surface area contributed by atoms with Gasteiger partial charge < -0.3 is 0 Å². The summed E-state index contributed by atoms with van der Waals surface area (Å²) in [7, 11) is -3.94. The lowest BCUT2D eigenvalue weighted by Gasteiger charge is -2.24. The van der Waals surface area contributed by atoms with Crippen LogP contribution in [0.15, 0.2) is 53.4 Å². The summed E-state index contributed by atoms with van der Waals surface area (Å²) in [6.07, 6.45) is -3.32. The summed E-state index contributed by atoms with van der Waals surface area (Å²) in [6, 6.07) is 8.59. The molecule has 0 unspecified atom stereocenters. The van der Waals surface area contributed by atoms with Crippen molar-refractivity contribution in [3.8, 4) is 0 Å². The number of sulfonamides is 1. The molecule has 0 amide bonds. The van der Waals surface area contributed by atoms with Crippen LogP contribution in [-0.4, -0.2) is 19.3 Å². The summed E-state index contributed by atoms with van der Waals surface area (Å²) in [5.41, 5.74) is -0.239. The second-order valence-electron chi connectivity index (χ2n) is 5.85. The van der Waals surface area contributed by atoms with Gasteiger partial charge in [-0.25, -0.2) is 12.8 Å². The number of nitrogens with zero attached hydrogens (tertiary/aromatic N) is 1. The van der Waals surface area contributed by atoms with E-state index in [9.17, 15) is 26.0 Å². The van der Waals surface area contributed by atoms with Gasteiger partial charge >= 0.3 is 6.18 Å². The van der Waals surface area contributed by atoms with Crippen molar-refractivity contribution in [2.75, 3.05) is 6.54 Å². The standard InChI is InChI=1S/C17H15F4NO2S/c18-14-7-3-12(4-8-14)16-2-1-11-22(16)25(23,24)15-9-5-13(6-10-15)17(19,20)21/h3-10,16H,1-2,11H2/t16-/m0/s1. The maximum atomic E-state index is 13.1. The number of hydrogen-bond donors (Lipinski definition) is 0. The molecule has 0 aromatic heterocycles. The van der Waals surface area contributed by atoms with Crippen molar-refractivity contribution in [2.24, 2.45) is 0 Å². The third kappa shape index (κ3) is 3.55. The van der Waals surface area contributed by atoms with Crippen LogP contribution in [0.5, 0.6) is 0 Å². The first-order chi connectivity index (χ1) is 11.7. The molecule has 1 aliphatic heterocycles. The van der Waals surface area contributed by atoms with Crippen LogP contribution in [0.3, 0.4) is 0 Å². The normalized spacial score (nSPS) is 19.3. The van der Waals surface area contributed by atoms with Gasteiger partial charge in [-0.2, -0.15) is 17.5 Å². The highest BCUT2D eigenvalue weighted by atomic mass is 32.2. The Morgan fingerprint density at radius 3 is 2.12 bits per heavy atom. The molecule has 0 radical (unpaired) electrons. The second kappa shape index (κ2) is 6.42. The topological polar surface area (TPSA) is 37.4 Å².